The summed E-state index contributed by atoms with van der Waals surface area (Å²) in [6.45, 7) is 8.44. The highest BCUT2D eigenvalue weighted by Gasteiger charge is 2.27. The van der Waals surface area contributed by atoms with Gasteiger partial charge in [0.1, 0.15) is 12.4 Å². The Hall–Kier alpha value is -2.43. The van der Waals surface area contributed by atoms with Gasteiger partial charge >= 0.3 is 0 Å². The maximum absolute atomic E-state index is 13.1. The fourth-order valence-electron chi connectivity index (χ4n) is 3.10. The van der Waals surface area contributed by atoms with Crippen molar-refractivity contribution in [2.24, 2.45) is 0 Å². The summed E-state index contributed by atoms with van der Waals surface area (Å²) in [7, 11) is 1.63. The molecule has 0 spiro atoms. The Morgan fingerprint density at radius 1 is 1.33 bits per heavy atom. The third kappa shape index (κ3) is 5.28. The van der Waals surface area contributed by atoms with E-state index in [0.29, 0.717) is 36.4 Å². The summed E-state index contributed by atoms with van der Waals surface area (Å²) in [6, 6.07) is 9.92. The number of benzene rings is 1. The summed E-state index contributed by atoms with van der Waals surface area (Å²) in [5.41, 5.74) is 3.13. The first-order valence-corrected chi connectivity index (χ1v) is 9.24. The van der Waals surface area contributed by atoms with Crippen LogP contribution in [0.3, 0.4) is 0 Å². The highest BCUT2D eigenvalue weighted by molar-refractivity contribution is 6.15. The molecule has 4 heteroatoms. The molecule has 1 aliphatic rings. The van der Waals surface area contributed by atoms with Crippen LogP contribution in [0.1, 0.15) is 32.3 Å². The molecule has 1 heterocycles. The molecule has 2 rings (SSSR count). The molecule has 1 atom stereocenters. The van der Waals surface area contributed by atoms with Crippen LogP contribution in [0.5, 0.6) is 0 Å². The first kappa shape index (κ1) is 20.9. The zero-order valence-electron chi connectivity index (χ0n) is 16.4. The molecule has 0 amide bonds. The Balaban J connectivity index is 2.43. The van der Waals surface area contributed by atoms with Crippen LogP contribution in [-0.4, -0.2) is 32.4 Å². The fourth-order valence-corrected chi connectivity index (χ4v) is 3.10. The van der Waals surface area contributed by atoms with Gasteiger partial charge in [-0.15, -0.1) is 0 Å². The van der Waals surface area contributed by atoms with E-state index < -0.39 is 0 Å². The van der Waals surface area contributed by atoms with E-state index >= 15 is 0 Å². The summed E-state index contributed by atoms with van der Waals surface area (Å²) in [5, 5.41) is 0. The van der Waals surface area contributed by atoms with E-state index in [0.717, 1.165) is 11.1 Å². The quantitative estimate of drug-likeness (QED) is 0.462. The lowest BCUT2D eigenvalue weighted by Gasteiger charge is -2.23. The molecule has 27 heavy (non-hydrogen) atoms. The standard InChI is InChI=1S/C23H28O4/c1-5-11-21-18(6-2)23(24)20(16-27-21)19(17-12-9-8-10-13-17)14-15-22(25-4)26-7-3/h5-6,8-13,22H,2,7,14-16H2,1,3-4H3/b11-5-,20-19-. The van der Waals surface area contributed by atoms with Crippen LogP contribution >= 0.6 is 0 Å². The number of ether oxygens (including phenoxy) is 3. The fraction of sp³-hybridized carbons (Fsp3) is 0.348. The smallest absolute Gasteiger partial charge is 0.196 e. The van der Waals surface area contributed by atoms with Crippen LogP contribution in [0.4, 0.5) is 0 Å². The molecule has 0 fully saturated rings. The average molecular weight is 368 g/mol. The summed E-state index contributed by atoms with van der Waals surface area (Å²) in [6.07, 6.45) is 6.21. The van der Waals surface area contributed by atoms with Gasteiger partial charge in [-0.2, -0.15) is 0 Å². The van der Waals surface area contributed by atoms with Gasteiger partial charge in [0.25, 0.3) is 0 Å². The van der Waals surface area contributed by atoms with E-state index in [-0.39, 0.29) is 18.7 Å². The molecule has 144 valence electrons. The topological polar surface area (TPSA) is 44.8 Å². The Kier molecular flexibility index (Phi) is 8.24. The van der Waals surface area contributed by atoms with Crippen LogP contribution < -0.4 is 0 Å². The molecule has 0 saturated carbocycles. The van der Waals surface area contributed by atoms with Crippen LogP contribution in [0.25, 0.3) is 5.57 Å². The predicted octanol–water partition coefficient (Wildman–Crippen LogP) is 4.84. The van der Waals surface area contributed by atoms with Crippen molar-refractivity contribution >= 4 is 11.4 Å². The summed E-state index contributed by atoms with van der Waals surface area (Å²) >= 11 is 0. The predicted molar refractivity (Wildman–Crippen MR) is 108 cm³/mol. The molecule has 4 nitrogen and oxygen atoms in total. The SMILES string of the molecule is C=CC1=C(/C=C\C)OC/C(=C(\CCC(OC)OCC)c2ccccc2)C1=O. The van der Waals surface area contributed by atoms with Gasteiger partial charge in [-0.3, -0.25) is 4.79 Å². The van der Waals surface area contributed by atoms with Gasteiger partial charge in [-0.05, 0) is 37.5 Å². The average Bonchev–Trinajstić information content (AvgIpc) is 2.70. The lowest BCUT2D eigenvalue weighted by Crippen LogP contribution is -2.21. The number of ketones is 1. The van der Waals surface area contributed by atoms with Crippen LogP contribution in [0, 0.1) is 0 Å². The zero-order chi connectivity index (χ0) is 19.6. The number of hydrogen-bond acceptors (Lipinski definition) is 4. The minimum Gasteiger partial charge on any atom is -0.488 e. The lowest BCUT2D eigenvalue weighted by molar-refractivity contribution is -0.122. The number of carbonyl (C=O) groups excluding carboxylic acids is 1. The Bertz CT molecular complexity index is 741. The van der Waals surface area contributed by atoms with Gasteiger partial charge in [0.05, 0.1) is 5.57 Å². The van der Waals surface area contributed by atoms with Gasteiger partial charge < -0.3 is 14.2 Å². The second kappa shape index (κ2) is 10.7. The van der Waals surface area contributed by atoms with Crippen molar-refractivity contribution < 1.29 is 19.0 Å². The monoisotopic (exact) mass is 368 g/mol. The molecule has 0 N–H and O–H groups in total. The number of hydrogen-bond donors (Lipinski definition) is 0. The van der Waals surface area contributed by atoms with E-state index in [4.69, 9.17) is 14.2 Å². The minimum atomic E-state index is -0.304. The second-order valence-corrected chi connectivity index (χ2v) is 6.08. The van der Waals surface area contributed by atoms with Crippen molar-refractivity contribution in [2.75, 3.05) is 20.3 Å². The molecule has 0 aromatic heterocycles. The molecule has 0 aliphatic carbocycles. The maximum Gasteiger partial charge on any atom is 0.196 e. The molecule has 1 aromatic carbocycles. The minimum absolute atomic E-state index is 0.0337. The van der Waals surface area contributed by atoms with E-state index in [1.165, 1.54) is 0 Å². The number of carbonyl (C=O) groups is 1. The number of Topliss-reactive ketones (excluding diaryl/α,β-unsaturated/α-hetero) is 1. The number of allylic oxidation sites excluding steroid dienone is 5. The summed E-state index contributed by atoms with van der Waals surface area (Å²) in [4.78, 5) is 13.1. The van der Waals surface area contributed by atoms with E-state index in [9.17, 15) is 4.79 Å². The van der Waals surface area contributed by atoms with Gasteiger partial charge in [0, 0.05) is 25.7 Å². The maximum atomic E-state index is 13.1. The summed E-state index contributed by atoms with van der Waals surface area (Å²) in [5.74, 6) is 0.534. The van der Waals surface area contributed by atoms with E-state index in [2.05, 4.69) is 6.58 Å². The first-order chi connectivity index (χ1) is 13.2. The molecular formula is C23H28O4. The highest BCUT2D eigenvalue weighted by atomic mass is 16.7. The largest absolute Gasteiger partial charge is 0.488 e. The third-order valence-corrected chi connectivity index (χ3v) is 4.41. The van der Waals surface area contributed by atoms with Gasteiger partial charge in [-0.1, -0.05) is 49.1 Å². The lowest BCUT2D eigenvalue weighted by atomic mass is 9.89. The van der Waals surface area contributed by atoms with Crippen molar-refractivity contribution in [1.82, 2.24) is 0 Å². The van der Waals surface area contributed by atoms with Crippen molar-refractivity contribution in [2.45, 2.75) is 33.0 Å². The Morgan fingerprint density at radius 3 is 2.67 bits per heavy atom. The second-order valence-electron chi connectivity index (χ2n) is 6.08. The van der Waals surface area contributed by atoms with Crippen molar-refractivity contribution in [1.29, 1.82) is 0 Å². The normalized spacial score (nSPS) is 17.8. The van der Waals surface area contributed by atoms with Gasteiger partial charge in [0.15, 0.2) is 12.1 Å². The molecule has 0 radical (unpaired) electrons. The van der Waals surface area contributed by atoms with E-state index in [1.807, 2.05) is 50.3 Å². The van der Waals surface area contributed by atoms with Gasteiger partial charge in [-0.25, -0.2) is 0 Å². The highest BCUT2D eigenvalue weighted by Crippen LogP contribution is 2.31. The zero-order valence-corrected chi connectivity index (χ0v) is 16.4. The van der Waals surface area contributed by atoms with Crippen molar-refractivity contribution in [3.05, 3.63) is 77.6 Å². The van der Waals surface area contributed by atoms with E-state index in [1.54, 1.807) is 19.3 Å². The molecule has 0 bridgehead atoms. The van der Waals surface area contributed by atoms with Crippen molar-refractivity contribution in [3.63, 3.8) is 0 Å². The van der Waals surface area contributed by atoms with Crippen LogP contribution in [0.15, 0.2) is 72.0 Å². The van der Waals surface area contributed by atoms with Crippen LogP contribution in [-0.2, 0) is 19.0 Å². The number of methoxy groups -OCH3 is 1. The molecule has 1 aromatic rings. The third-order valence-electron chi connectivity index (χ3n) is 4.41. The molecule has 1 aliphatic heterocycles. The molecule has 0 saturated heterocycles. The first-order valence-electron chi connectivity index (χ1n) is 9.24. The van der Waals surface area contributed by atoms with Gasteiger partial charge in [0.2, 0.25) is 0 Å². The molecule has 1 unspecified atom stereocenters. The van der Waals surface area contributed by atoms with Crippen LogP contribution in [0.2, 0.25) is 0 Å². The number of rotatable bonds is 9. The Labute approximate surface area is 161 Å². The van der Waals surface area contributed by atoms with Crippen molar-refractivity contribution in [3.8, 4) is 0 Å². The Morgan fingerprint density at radius 2 is 2.07 bits per heavy atom. The molecular weight excluding hydrogens is 340 g/mol. The summed E-state index contributed by atoms with van der Waals surface area (Å²) < 4.78 is 16.8.